The van der Waals surface area contributed by atoms with Gasteiger partial charge in [-0.15, -0.1) is 0 Å². The number of halogens is 3. The van der Waals surface area contributed by atoms with Crippen molar-refractivity contribution in [3.05, 3.63) is 56.7 Å². The molecule has 0 spiro atoms. The minimum atomic E-state index is -0.602. The molecule has 0 heterocycles. The van der Waals surface area contributed by atoms with Crippen molar-refractivity contribution in [2.24, 2.45) is 5.73 Å². The Balaban J connectivity index is 2.40. The van der Waals surface area contributed by atoms with E-state index < -0.39 is 5.91 Å². The van der Waals surface area contributed by atoms with Gasteiger partial charge in [-0.05, 0) is 52.3 Å². The van der Waals surface area contributed by atoms with Gasteiger partial charge in [0.05, 0.1) is 10.0 Å². The van der Waals surface area contributed by atoms with Crippen molar-refractivity contribution in [2.45, 2.75) is 0 Å². The van der Waals surface area contributed by atoms with Gasteiger partial charge in [0.2, 0.25) is 0 Å². The Morgan fingerprint density at radius 2 is 1.79 bits per heavy atom. The fourth-order valence-corrected chi connectivity index (χ4v) is 2.25. The fraction of sp³-hybridized carbons (Fsp3) is 0. The molecule has 0 aliphatic rings. The Morgan fingerprint density at radius 1 is 1.11 bits per heavy atom. The first kappa shape index (κ1) is 14.0. The zero-order valence-electron chi connectivity index (χ0n) is 9.49. The largest absolute Gasteiger partial charge is 0.455 e. The summed E-state index contributed by atoms with van der Waals surface area (Å²) >= 11 is 6.44. The summed E-state index contributed by atoms with van der Waals surface area (Å²) in [5.41, 5.74) is 5.53. The Labute approximate surface area is 125 Å². The number of benzene rings is 2. The zero-order valence-corrected chi connectivity index (χ0v) is 12.7. The van der Waals surface area contributed by atoms with Gasteiger partial charge in [0.15, 0.2) is 0 Å². The first-order valence-corrected chi connectivity index (χ1v) is 6.78. The Hall–Kier alpha value is -1.40. The van der Waals surface area contributed by atoms with Gasteiger partial charge in [-0.3, -0.25) is 4.79 Å². The van der Waals surface area contributed by atoms with Crippen LogP contribution in [0.1, 0.15) is 10.4 Å². The lowest BCUT2D eigenvalue weighted by atomic mass is 10.2. The molecule has 0 unspecified atom stereocenters. The molecule has 19 heavy (non-hydrogen) atoms. The molecule has 2 aromatic carbocycles. The maximum Gasteiger partial charge on any atom is 0.252 e. The van der Waals surface area contributed by atoms with Crippen LogP contribution in [0.4, 0.5) is 4.39 Å². The third-order valence-corrected chi connectivity index (χ3v) is 3.43. The highest BCUT2D eigenvalue weighted by Gasteiger charge is 2.12. The minimum Gasteiger partial charge on any atom is -0.455 e. The molecule has 0 saturated heterocycles. The second-order valence-electron chi connectivity index (χ2n) is 3.68. The average molecular weight is 389 g/mol. The molecule has 2 rings (SSSR count). The van der Waals surface area contributed by atoms with Crippen LogP contribution in [-0.4, -0.2) is 5.91 Å². The minimum absolute atomic E-state index is 0.241. The van der Waals surface area contributed by atoms with Crippen molar-refractivity contribution in [1.82, 2.24) is 0 Å². The van der Waals surface area contributed by atoms with Gasteiger partial charge in [-0.25, -0.2) is 4.39 Å². The summed E-state index contributed by atoms with van der Waals surface area (Å²) in [7, 11) is 0. The Bertz CT molecular complexity index is 647. The molecular formula is C13H8Br2FNO2. The summed E-state index contributed by atoms with van der Waals surface area (Å²) < 4.78 is 19.7. The van der Waals surface area contributed by atoms with Gasteiger partial charge in [-0.2, -0.15) is 0 Å². The van der Waals surface area contributed by atoms with Gasteiger partial charge in [0, 0.05) is 4.47 Å². The molecule has 0 saturated carbocycles. The molecule has 6 heteroatoms. The van der Waals surface area contributed by atoms with Gasteiger partial charge >= 0.3 is 0 Å². The van der Waals surface area contributed by atoms with Crippen molar-refractivity contribution in [2.75, 3.05) is 0 Å². The number of carbonyl (C=O) groups is 1. The number of carbonyl (C=O) groups excluding carboxylic acids is 1. The van der Waals surface area contributed by atoms with Crippen LogP contribution in [0.2, 0.25) is 0 Å². The maximum atomic E-state index is 13.0. The van der Waals surface area contributed by atoms with E-state index in [0.29, 0.717) is 20.4 Å². The number of ether oxygens (including phenoxy) is 1. The lowest BCUT2D eigenvalue weighted by molar-refractivity contribution is 0.0998. The summed E-state index contributed by atoms with van der Waals surface area (Å²) in [4.78, 5) is 11.4. The molecule has 2 aromatic rings. The van der Waals surface area contributed by atoms with E-state index >= 15 is 0 Å². The van der Waals surface area contributed by atoms with Crippen LogP contribution in [0.25, 0.3) is 0 Å². The summed E-state index contributed by atoms with van der Waals surface area (Å²) in [6, 6.07) is 8.90. The SMILES string of the molecule is NC(=O)c1cc(Br)ccc1Oc1ccc(F)cc1Br. The highest BCUT2D eigenvalue weighted by atomic mass is 79.9. The van der Waals surface area contributed by atoms with E-state index in [1.807, 2.05) is 0 Å². The molecule has 3 nitrogen and oxygen atoms in total. The van der Waals surface area contributed by atoms with Crippen molar-refractivity contribution in [1.29, 1.82) is 0 Å². The van der Waals surface area contributed by atoms with Crippen LogP contribution in [0.15, 0.2) is 45.3 Å². The lowest BCUT2D eigenvalue weighted by Crippen LogP contribution is -2.12. The van der Waals surface area contributed by atoms with Crippen LogP contribution in [0.5, 0.6) is 11.5 Å². The standard InChI is InChI=1S/C13H8Br2FNO2/c14-7-1-3-11(9(5-7)13(17)18)19-12-4-2-8(16)6-10(12)15/h1-6H,(H2,17,18). The van der Waals surface area contributed by atoms with Crippen molar-refractivity contribution in [3.63, 3.8) is 0 Å². The van der Waals surface area contributed by atoms with Crippen molar-refractivity contribution in [3.8, 4) is 11.5 Å². The number of hydrogen-bond acceptors (Lipinski definition) is 2. The summed E-state index contributed by atoms with van der Waals surface area (Å²) in [6.45, 7) is 0. The molecule has 2 N–H and O–H groups in total. The van der Waals surface area contributed by atoms with E-state index in [-0.39, 0.29) is 11.4 Å². The van der Waals surface area contributed by atoms with E-state index in [9.17, 15) is 9.18 Å². The molecule has 0 atom stereocenters. The molecule has 0 fully saturated rings. The first-order valence-electron chi connectivity index (χ1n) is 5.19. The van der Waals surface area contributed by atoms with Crippen LogP contribution in [0.3, 0.4) is 0 Å². The molecule has 0 aromatic heterocycles. The normalized spacial score (nSPS) is 10.3. The Kier molecular flexibility index (Phi) is 4.21. The van der Waals surface area contributed by atoms with Crippen LogP contribution < -0.4 is 10.5 Å². The van der Waals surface area contributed by atoms with E-state index in [4.69, 9.17) is 10.5 Å². The van der Waals surface area contributed by atoms with Gasteiger partial charge in [-0.1, -0.05) is 15.9 Å². The monoisotopic (exact) mass is 387 g/mol. The van der Waals surface area contributed by atoms with Crippen molar-refractivity contribution >= 4 is 37.8 Å². The lowest BCUT2D eigenvalue weighted by Gasteiger charge is -2.11. The van der Waals surface area contributed by atoms with Gasteiger partial charge in [0.1, 0.15) is 17.3 Å². The summed E-state index contributed by atoms with van der Waals surface area (Å²) in [5, 5.41) is 0. The highest BCUT2D eigenvalue weighted by Crippen LogP contribution is 2.32. The van der Waals surface area contributed by atoms with Gasteiger partial charge < -0.3 is 10.5 Å². The van der Waals surface area contributed by atoms with E-state index in [1.54, 1.807) is 18.2 Å². The Morgan fingerprint density at radius 3 is 2.42 bits per heavy atom. The fourth-order valence-electron chi connectivity index (χ4n) is 1.46. The quantitative estimate of drug-likeness (QED) is 0.854. The number of nitrogens with two attached hydrogens (primary N) is 1. The number of rotatable bonds is 3. The number of primary amides is 1. The average Bonchev–Trinajstić information content (AvgIpc) is 2.34. The summed E-state index contributed by atoms with van der Waals surface area (Å²) in [5.74, 6) is -0.283. The second kappa shape index (κ2) is 5.71. The molecule has 0 bridgehead atoms. The van der Waals surface area contributed by atoms with Crippen LogP contribution >= 0.6 is 31.9 Å². The number of hydrogen-bond donors (Lipinski definition) is 1. The van der Waals surface area contributed by atoms with E-state index in [1.165, 1.54) is 18.2 Å². The zero-order chi connectivity index (χ0) is 14.0. The molecule has 1 amide bonds. The van der Waals surface area contributed by atoms with E-state index in [2.05, 4.69) is 31.9 Å². The molecule has 0 aliphatic carbocycles. The topological polar surface area (TPSA) is 52.3 Å². The highest BCUT2D eigenvalue weighted by molar-refractivity contribution is 9.10. The van der Waals surface area contributed by atoms with Crippen LogP contribution in [-0.2, 0) is 0 Å². The van der Waals surface area contributed by atoms with Crippen LogP contribution in [0, 0.1) is 5.82 Å². The third kappa shape index (κ3) is 3.33. The second-order valence-corrected chi connectivity index (χ2v) is 5.45. The molecule has 0 radical (unpaired) electrons. The van der Waals surface area contributed by atoms with E-state index in [0.717, 1.165) is 0 Å². The summed E-state index contributed by atoms with van der Waals surface area (Å²) in [6.07, 6.45) is 0. The number of amides is 1. The smallest absolute Gasteiger partial charge is 0.252 e. The first-order chi connectivity index (χ1) is 8.97. The molecular weight excluding hydrogens is 381 g/mol. The molecule has 98 valence electrons. The van der Waals surface area contributed by atoms with Gasteiger partial charge in [0.25, 0.3) is 5.91 Å². The predicted octanol–water partition coefficient (Wildman–Crippen LogP) is 4.24. The third-order valence-electron chi connectivity index (χ3n) is 2.32. The van der Waals surface area contributed by atoms with Crippen molar-refractivity contribution < 1.29 is 13.9 Å². The predicted molar refractivity (Wildman–Crippen MR) is 76.8 cm³/mol. The maximum absolute atomic E-state index is 13.0. The molecule has 0 aliphatic heterocycles.